The first-order chi connectivity index (χ1) is 12.8. The van der Waals surface area contributed by atoms with Crippen LogP contribution in [0.3, 0.4) is 0 Å². The minimum absolute atomic E-state index is 0.107. The Hall–Kier alpha value is -2.70. The van der Waals surface area contributed by atoms with Crippen LogP contribution in [0.25, 0.3) is 11.1 Å². The van der Waals surface area contributed by atoms with Crippen molar-refractivity contribution in [1.82, 2.24) is 4.98 Å². The summed E-state index contributed by atoms with van der Waals surface area (Å²) in [6.45, 7) is 1.92. The number of carbonyl (C=O) groups excluding carboxylic acids is 1. The molecule has 0 bridgehead atoms. The van der Waals surface area contributed by atoms with Gasteiger partial charge >= 0.3 is 5.97 Å². The number of nitrogens with two attached hydrogens (primary N) is 1. The predicted molar refractivity (Wildman–Crippen MR) is 106 cm³/mol. The number of benzene rings is 2. The SMILES string of the molecule is Cc1cnc(C(CC(=O)O)c2cc(Cl)cc(-c3ccccc3C(N)=O)c2)s1. The van der Waals surface area contributed by atoms with Gasteiger partial charge in [0.15, 0.2) is 0 Å². The maximum atomic E-state index is 11.8. The summed E-state index contributed by atoms with van der Waals surface area (Å²) >= 11 is 7.78. The normalized spacial score (nSPS) is 11.9. The van der Waals surface area contributed by atoms with Crippen molar-refractivity contribution in [2.24, 2.45) is 5.73 Å². The number of primary amides is 1. The first kappa shape index (κ1) is 19.1. The number of rotatable bonds is 6. The van der Waals surface area contributed by atoms with Crippen LogP contribution < -0.4 is 5.73 Å². The summed E-state index contributed by atoms with van der Waals surface area (Å²) in [5.41, 5.74) is 7.96. The lowest BCUT2D eigenvalue weighted by Crippen LogP contribution is -2.12. The number of nitrogens with zero attached hydrogens (tertiary/aromatic N) is 1. The van der Waals surface area contributed by atoms with Gasteiger partial charge in [0.05, 0.1) is 6.42 Å². The second-order valence-electron chi connectivity index (χ2n) is 6.14. The number of aryl methyl sites for hydroxylation is 1. The molecule has 0 spiro atoms. The zero-order chi connectivity index (χ0) is 19.6. The Kier molecular flexibility index (Phi) is 5.58. The smallest absolute Gasteiger partial charge is 0.304 e. The Morgan fingerprint density at radius 2 is 2.00 bits per heavy atom. The quantitative estimate of drug-likeness (QED) is 0.638. The predicted octanol–water partition coefficient (Wildman–Crippen LogP) is 4.48. The van der Waals surface area contributed by atoms with Crippen molar-refractivity contribution in [2.75, 3.05) is 0 Å². The van der Waals surface area contributed by atoms with E-state index in [1.54, 1.807) is 42.6 Å². The van der Waals surface area contributed by atoms with Crippen molar-refractivity contribution in [1.29, 1.82) is 0 Å². The van der Waals surface area contributed by atoms with Gasteiger partial charge in [-0.2, -0.15) is 0 Å². The molecule has 27 heavy (non-hydrogen) atoms. The summed E-state index contributed by atoms with van der Waals surface area (Å²) in [5, 5.41) is 10.5. The number of halogens is 1. The van der Waals surface area contributed by atoms with Gasteiger partial charge < -0.3 is 10.8 Å². The van der Waals surface area contributed by atoms with Crippen molar-refractivity contribution in [2.45, 2.75) is 19.3 Å². The molecule has 0 aliphatic heterocycles. The molecule has 3 aromatic rings. The van der Waals surface area contributed by atoms with Crippen LogP contribution in [0.15, 0.2) is 48.7 Å². The van der Waals surface area contributed by atoms with Crippen molar-refractivity contribution in [3.05, 3.63) is 74.7 Å². The number of aromatic nitrogens is 1. The molecule has 7 heteroatoms. The van der Waals surface area contributed by atoms with Gasteiger partial charge in [0.1, 0.15) is 5.01 Å². The maximum absolute atomic E-state index is 11.8. The van der Waals surface area contributed by atoms with Crippen molar-refractivity contribution < 1.29 is 14.7 Å². The highest BCUT2D eigenvalue weighted by molar-refractivity contribution is 7.11. The Balaban J connectivity index is 2.14. The highest BCUT2D eigenvalue weighted by atomic mass is 35.5. The third kappa shape index (κ3) is 4.35. The second kappa shape index (κ2) is 7.90. The summed E-state index contributed by atoms with van der Waals surface area (Å²) in [6.07, 6.45) is 1.62. The summed E-state index contributed by atoms with van der Waals surface area (Å²) in [5.74, 6) is -1.89. The van der Waals surface area contributed by atoms with E-state index in [1.165, 1.54) is 11.3 Å². The molecule has 1 unspecified atom stereocenters. The zero-order valence-electron chi connectivity index (χ0n) is 14.5. The van der Waals surface area contributed by atoms with E-state index in [0.717, 1.165) is 10.4 Å². The Morgan fingerprint density at radius 3 is 2.63 bits per heavy atom. The Labute approximate surface area is 165 Å². The molecule has 2 aromatic carbocycles. The molecule has 1 amide bonds. The van der Waals surface area contributed by atoms with Crippen LogP contribution in [0.5, 0.6) is 0 Å². The van der Waals surface area contributed by atoms with Crippen LogP contribution in [0, 0.1) is 6.92 Å². The van der Waals surface area contributed by atoms with E-state index < -0.39 is 17.8 Å². The second-order valence-corrected chi connectivity index (χ2v) is 7.85. The van der Waals surface area contributed by atoms with Gasteiger partial charge in [0, 0.05) is 27.6 Å². The van der Waals surface area contributed by atoms with Crippen molar-refractivity contribution >= 4 is 34.8 Å². The first-order valence-corrected chi connectivity index (χ1v) is 9.38. The third-order valence-corrected chi connectivity index (χ3v) is 5.39. The van der Waals surface area contributed by atoms with Gasteiger partial charge in [-0.15, -0.1) is 11.3 Å². The minimum Gasteiger partial charge on any atom is -0.481 e. The molecule has 3 rings (SSSR count). The van der Waals surface area contributed by atoms with Crippen molar-refractivity contribution in [3.63, 3.8) is 0 Å². The number of amides is 1. The molecule has 0 radical (unpaired) electrons. The lowest BCUT2D eigenvalue weighted by Gasteiger charge is -2.16. The molecule has 3 N–H and O–H groups in total. The van der Waals surface area contributed by atoms with Crippen LogP contribution in [-0.4, -0.2) is 22.0 Å². The number of aliphatic carboxylic acids is 1. The van der Waals surface area contributed by atoms with Crippen LogP contribution in [0.4, 0.5) is 0 Å². The molecule has 0 aliphatic carbocycles. The van der Waals surface area contributed by atoms with E-state index in [9.17, 15) is 14.7 Å². The summed E-state index contributed by atoms with van der Waals surface area (Å²) < 4.78 is 0. The largest absolute Gasteiger partial charge is 0.481 e. The van der Waals surface area contributed by atoms with Crippen LogP contribution in [-0.2, 0) is 4.79 Å². The van der Waals surface area contributed by atoms with E-state index in [-0.39, 0.29) is 6.42 Å². The zero-order valence-corrected chi connectivity index (χ0v) is 16.1. The Bertz CT molecular complexity index is 1020. The van der Waals surface area contributed by atoms with E-state index in [0.29, 0.717) is 26.7 Å². The number of carboxylic acid groups (broad SMARTS) is 1. The molecule has 0 fully saturated rings. The van der Waals surface area contributed by atoms with Crippen LogP contribution in [0.1, 0.15) is 38.1 Å². The lowest BCUT2D eigenvalue weighted by atomic mass is 9.91. The van der Waals surface area contributed by atoms with Gasteiger partial charge in [0.25, 0.3) is 0 Å². The van der Waals surface area contributed by atoms with Gasteiger partial charge in [-0.1, -0.05) is 35.9 Å². The average Bonchev–Trinajstić information content (AvgIpc) is 3.05. The lowest BCUT2D eigenvalue weighted by molar-refractivity contribution is -0.137. The van der Waals surface area contributed by atoms with Crippen molar-refractivity contribution in [3.8, 4) is 11.1 Å². The number of hydrogen-bond donors (Lipinski definition) is 2. The number of thiazole rings is 1. The molecule has 1 heterocycles. The Morgan fingerprint density at radius 1 is 1.26 bits per heavy atom. The molecule has 0 aliphatic rings. The number of carbonyl (C=O) groups is 2. The fourth-order valence-electron chi connectivity index (χ4n) is 2.97. The van der Waals surface area contributed by atoms with E-state index in [4.69, 9.17) is 17.3 Å². The van der Waals surface area contributed by atoms with Gasteiger partial charge in [-0.25, -0.2) is 4.98 Å². The molecule has 5 nitrogen and oxygen atoms in total. The number of carboxylic acids is 1. The molecule has 0 saturated heterocycles. The van der Waals surface area contributed by atoms with Gasteiger partial charge in [-0.05, 0) is 41.8 Å². The van der Waals surface area contributed by atoms with E-state index >= 15 is 0 Å². The summed E-state index contributed by atoms with van der Waals surface area (Å²) in [6, 6.07) is 12.3. The molecule has 1 aromatic heterocycles. The molecular formula is C20H17ClN2O3S. The fraction of sp³-hybridized carbons (Fsp3) is 0.150. The molecule has 0 saturated carbocycles. The first-order valence-electron chi connectivity index (χ1n) is 8.19. The molecule has 138 valence electrons. The number of hydrogen-bond acceptors (Lipinski definition) is 4. The monoisotopic (exact) mass is 400 g/mol. The average molecular weight is 401 g/mol. The van der Waals surface area contributed by atoms with E-state index in [2.05, 4.69) is 4.98 Å². The standard InChI is InChI=1S/C20H17ClN2O3S/c1-11-10-23-20(27-11)17(9-18(24)25)13-6-12(7-14(21)8-13)15-4-2-3-5-16(15)19(22)26/h2-8,10,17H,9H2,1H3,(H2,22,26)(H,24,25). The highest BCUT2D eigenvalue weighted by Gasteiger charge is 2.22. The fourth-order valence-corrected chi connectivity index (χ4v) is 4.12. The highest BCUT2D eigenvalue weighted by Crippen LogP contribution is 2.36. The molecular weight excluding hydrogens is 384 g/mol. The van der Waals surface area contributed by atoms with Crippen LogP contribution >= 0.6 is 22.9 Å². The minimum atomic E-state index is -0.924. The van der Waals surface area contributed by atoms with Crippen LogP contribution in [0.2, 0.25) is 5.02 Å². The molecule has 1 atom stereocenters. The summed E-state index contributed by atoms with van der Waals surface area (Å²) in [4.78, 5) is 28.6. The topological polar surface area (TPSA) is 93.3 Å². The van der Waals surface area contributed by atoms with E-state index in [1.807, 2.05) is 13.0 Å². The maximum Gasteiger partial charge on any atom is 0.304 e. The summed E-state index contributed by atoms with van der Waals surface area (Å²) in [7, 11) is 0. The van der Waals surface area contributed by atoms with Gasteiger partial charge in [0.2, 0.25) is 5.91 Å². The third-order valence-electron chi connectivity index (χ3n) is 4.14. The van der Waals surface area contributed by atoms with Gasteiger partial charge in [-0.3, -0.25) is 9.59 Å².